The second kappa shape index (κ2) is 6.50. The third kappa shape index (κ3) is 3.49. The van der Waals surface area contributed by atoms with E-state index in [1.54, 1.807) is 10.7 Å². The molecule has 0 spiro atoms. The van der Waals surface area contributed by atoms with E-state index in [2.05, 4.69) is 43.2 Å². The summed E-state index contributed by atoms with van der Waals surface area (Å²) in [7, 11) is 0. The maximum absolute atomic E-state index is 6.07. The zero-order valence-corrected chi connectivity index (χ0v) is 14.4. The van der Waals surface area contributed by atoms with E-state index in [9.17, 15) is 0 Å². The lowest BCUT2D eigenvalue weighted by atomic mass is 9.99. The van der Waals surface area contributed by atoms with Crippen LogP contribution in [0.4, 0.5) is 5.82 Å². The van der Waals surface area contributed by atoms with E-state index < -0.39 is 0 Å². The molecule has 1 saturated heterocycles. The molecule has 5 nitrogen and oxygen atoms in total. The van der Waals surface area contributed by atoms with Crippen molar-refractivity contribution in [2.24, 2.45) is 5.92 Å². The second-order valence-electron chi connectivity index (χ2n) is 5.64. The van der Waals surface area contributed by atoms with E-state index in [-0.39, 0.29) is 0 Å². The van der Waals surface area contributed by atoms with Gasteiger partial charge in [-0.3, -0.25) is 0 Å². The van der Waals surface area contributed by atoms with Crippen LogP contribution in [0.1, 0.15) is 19.8 Å². The van der Waals surface area contributed by atoms with Gasteiger partial charge in [0.1, 0.15) is 11.0 Å². The van der Waals surface area contributed by atoms with Crippen LogP contribution in [0.5, 0.6) is 0 Å². The third-order valence-electron chi connectivity index (χ3n) is 4.01. The molecule has 21 heavy (non-hydrogen) atoms. The summed E-state index contributed by atoms with van der Waals surface area (Å²) in [6.07, 6.45) is 4.34. The maximum Gasteiger partial charge on any atom is 0.173 e. The molecule has 1 aliphatic heterocycles. The van der Waals surface area contributed by atoms with Gasteiger partial charge in [-0.1, -0.05) is 18.5 Å². The minimum atomic E-state index is 0.470. The van der Waals surface area contributed by atoms with Gasteiger partial charge in [0.15, 0.2) is 5.65 Å². The number of likely N-dealkylation sites (tertiary alicyclic amines) is 1. The third-order valence-corrected chi connectivity index (χ3v) is 4.76. The van der Waals surface area contributed by atoms with Crippen LogP contribution in [0.3, 0.4) is 0 Å². The van der Waals surface area contributed by atoms with Crippen molar-refractivity contribution in [3.05, 3.63) is 21.9 Å². The average molecular weight is 373 g/mol. The molecule has 1 aliphatic rings. The fourth-order valence-corrected chi connectivity index (χ4v) is 3.19. The molecule has 1 fully saturated rings. The number of fused-ring (bicyclic) bond motifs is 1. The summed E-state index contributed by atoms with van der Waals surface area (Å²) in [6.45, 7) is 6.64. The highest BCUT2D eigenvalue weighted by Gasteiger charge is 2.15. The summed E-state index contributed by atoms with van der Waals surface area (Å²) in [4.78, 5) is 6.78. The van der Waals surface area contributed by atoms with Gasteiger partial charge >= 0.3 is 0 Å². The predicted molar refractivity (Wildman–Crippen MR) is 89.0 cm³/mol. The predicted octanol–water partition coefficient (Wildman–Crippen LogP) is 3.29. The van der Waals surface area contributed by atoms with E-state index >= 15 is 0 Å². The van der Waals surface area contributed by atoms with Crippen molar-refractivity contribution in [2.75, 3.05) is 31.5 Å². The van der Waals surface area contributed by atoms with Crippen molar-refractivity contribution < 1.29 is 0 Å². The van der Waals surface area contributed by atoms with Gasteiger partial charge in [0, 0.05) is 19.2 Å². The molecule has 0 saturated carbocycles. The summed E-state index contributed by atoms with van der Waals surface area (Å²) in [6, 6.07) is 1.81. The van der Waals surface area contributed by atoms with E-state index in [1.165, 1.54) is 25.9 Å². The van der Waals surface area contributed by atoms with Crippen LogP contribution in [0.2, 0.25) is 5.15 Å². The first-order chi connectivity index (χ1) is 10.1. The summed E-state index contributed by atoms with van der Waals surface area (Å²) in [5.41, 5.74) is 0.733. The van der Waals surface area contributed by atoms with Crippen molar-refractivity contribution >= 4 is 39.0 Å². The fourth-order valence-electron chi connectivity index (χ4n) is 2.66. The number of hydrogen-bond acceptors (Lipinski definition) is 4. The van der Waals surface area contributed by atoms with Crippen molar-refractivity contribution in [2.45, 2.75) is 19.8 Å². The van der Waals surface area contributed by atoms with Gasteiger partial charge in [0.05, 0.1) is 10.7 Å². The Bertz CT molecular complexity index is 621. The van der Waals surface area contributed by atoms with Crippen LogP contribution < -0.4 is 5.32 Å². The Morgan fingerprint density at radius 1 is 1.43 bits per heavy atom. The van der Waals surface area contributed by atoms with Gasteiger partial charge in [0.25, 0.3) is 0 Å². The molecule has 7 heteroatoms. The van der Waals surface area contributed by atoms with Crippen LogP contribution in [-0.2, 0) is 0 Å². The number of nitrogens with one attached hydrogen (secondary N) is 1. The van der Waals surface area contributed by atoms with E-state index in [1.807, 2.05) is 6.07 Å². The van der Waals surface area contributed by atoms with Crippen LogP contribution in [0, 0.1) is 5.92 Å². The minimum absolute atomic E-state index is 0.470. The number of aromatic nitrogens is 3. The Hall–Kier alpha value is -0.850. The molecule has 0 atom stereocenters. The van der Waals surface area contributed by atoms with E-state index in [0.29, 0.717) is 5.15 Å². The zero-order chi connectivity index (χ0) is 14.8. The average Bonchev–Trinajstić information content (AvgIpc) is 2.83. The quantitative estimate of drug-likeness (QED) is 0.837. The molecule has 114 valence electrons. The number of rotatable bonds is 4. The molecule has 1 N–H and O–H groups in total. The summed E-state index contributed by atoms with van der Waals surface area (Å²) in [5, 5.41) is 8.19. The molecule has 0 aromatic carbocycles. The van der Waals surface area contributed by atoms with Crippen LogP contribution in [0.25, 0.3) is 5.65 Å². The fraction of sp³-hybridized carbons (Fsp3) is 0.571. The molecule has 0 bridgehead atoms. The first-order valence-corrected chi connectivity index (χ1v) is 8.46. The molecule has 0 radical (unpaired) electrons. The Morgan fingerprint density at radius 3 is 2.95 bits per heavy atom. The van der Waals surface area contributed by atoms with Crippen LogP contribution in [-0.4, -0.2) is 45.7 Å². The Balaban J connectivity index is 1.63. The van der Waals surface area contributed by atoms with Crippen molar-refractivity contribution in [1.29, 1.82) is 0 Å². The topological polar surface area (TPSA) is 45.5 Å². The minimum Gasteiger partial charge on any atom is -0.369 e. The van der Waals surface area contributed by atoms with Crippen LogP contribution >= 0.6 is 27.5 Å². The SMILES string of the molecule is CC1CCN(CCNc2cc(Cl)nc3c(Br)cnn23)CC1. The van der Waals surface area contributed by atoms with Gasteiger partial charge < -0.3 is 10.2 Å². The Morgan fingerprint density at radius 2 is 2.19 bits per heavy atom. The summed E-state index contributed by atoms with van der Waals surface area (Å²) >= 11 is 9.50. The zero-order valence-electron chi connectivity index (χ0n) is 12.0. The van der Waals surface area contributed by atoms with Crippen molar-refractivity contribution in [3.63, 3.8) is 0 Å². The summed E-state index contributed by atoms with van der Waals surface area (Å²) < 4.78 is 2.62. The van der Waals surface area contributed by atoms with Gasteiger partial charge in [-0.15, -0.1) is 0 Å². The molecule has 0 unspecified atom stereocenters. The molecule has 0 amide bonds. The highest BCUT2D eigenvalue weighted by molar-refractivity contribution is 9.10. The molecular weight excluding hydrogens is 354 g/mol. The molecule has 3 heterocycles. The number of nitrogens with zero attached hydrogens (tertiary/aromatic N) is 4. The Kier molecular flexibility index (Phi) is 4.66. The highest BCUT2D eigenvalue weighted by Crippen LogP contribution is 2.22. The monoisotopic (exact) mass is 371 g/mol. The maximum atomic E-state index is 6.07. The van der Waals surface area contributed by atoms with Gasteiger partial charge in [-0.2, -0.15) is 9.61 Å². The van der Waals surface area contributed by atoms with Gasteiger partial charge in [0.2, 0.25) is 0 Å². The lowest BCUT2D eigenvalue weighted by Gasteiger charge is -2.30. The Labute approximate surface area is 137 Å². The number of piperidine rings is 1. The smallest absolute Gasteiger partial charge is 0.173 e. The van der Waals surface area contributed by atoms with Crippen molar-refractivity contribution in [3.8, 4) is 0 Å². The molecule has 2 aromatic rings. The lowest BCUT2D eigenvalue weighted by Crippen LogP contribution is -2.36. The van der Waals surface area contributed by atoms with E-state index in [0.717, 1.165) is 34.9 Å². The van der Waals surface area contributed by atoms with Gasteiger partial charge in [-0.05, 0) is 47.8 Å². The molecule has 0 aliphatic carbocycles. The molecular formula is C14H19BrClN5. The van der Waals surface area contributed by atoms with Gasteiger partial charge in [-0.25, -0.2) is 4.98 Å². The number of halogens is 2. The van der Waals surface area contributed by atoms with Crippen LogP contribution in [0.15, 0.2) is 16.7 Å². The normalized spacial score (nSPS) is 17.5. The lowest BCUT2D eigenvalue weighted by molar-refractivity contribution is 0.199. The first-order valence-electron chi connectivity index (χ1n) is 7.29. The first kappa shape index (κ1) is 15.1. The number of hydrogen-bond donors (Lipinski definition) is 1. The standard InChI is InChI=1S/C14H19BrClN5/c1-10-2-5-20(6-3-10)7-4-17-13-8-12(16)19-14-11(15)9-18-21(13)14/h8-10,17H,2-7H2,1H3. The second-order valence-corrected chi connectivity index (χ2v) is 6.88. The summed E-state index contributed by atoms with van der Waals surface area (Å²) in [5.74, 6) is 1.75. The van der Waals surface area contributed by atoms with Crippen molar-refractivity contribution in [1.82, 2.24) is 19.5 Å². The number of anilines is 1. The molecule has 2 aromatic heterocycles. The molecule has 3 rings (SSSR count). The highest BCUT2D eigenvalue weighted by atomic mass is 79.9. The largest absolute Gasteiger partial charge is 0.369 e. The van der Waals surface area contributed by atoms with E-state index in [4.69, 9.17) is 11.6 Å².